The van der Waals surface area contributed by atoms with Crippen LogP contribution in [0.1, 0.15) is 179 Å². The van der Waals surface area contributed by atoms with Gasteiger partial charge in [0.15, 0.2) is 17.4 Å². The molecule has 4 aromatic heterocycles. The Balaban J connectivity index is 0.000000132. The zero-order valence-electron chi connectivity index (χ0n) is 75.0. The summed E-state index contributed by atoms with van der Waals surface area (Å²) in [6, 6.07) is 43.3. The summed E-state index contributed by atoms with van der Waals surface area (Å²) in [5.74, 6) is 2.00. The maximum absolute atomic E-state index is 14.9. The molecule has 20 nitrogen and oxygen atoms in total. The number of halogens is 8. The first-order chi connectivity index (χ1) is 60.9. The Hall–Kier alpha value is -9.27. The fraction of sp³-hybridized carbons (Fsp3) is 0.402. The lowest BCUT2D eigenvalue weighted by atomic mass is 9.73. The van der Waals surface area contributed by atoms with Gasteiger partial charge in [0.25, 0.3) is 22.2 Å². The summed E-state index contributed by atoms with van der Waals surface area (Å²) in [7, 11) is 1.19. The summed E-state index contributed by atoms with van der Waals surface area (Å²) < 4.78 is 64.4. The fourth-order valence-electron chi connectivity index (χ4n) is 20.2. The van der Waals surface area contributed by atoms with Crippen LogP contribution in [0, 0.1) is 88.6 Å². The third-order valence-electron chi connectivity index (χ3n) is 27.9. The predicted octanol–water partition coefficient (Wildman–Crippen LogP) is 19.6. The van der Waals surface area contributed by atoms with Crippen LogP contribution in [0.5, 0.6) is 5.75 Å². The van der Waals surface area contributed by atoms with Gasteiger partial charge in [-0.3, -0.25) is 37.4 Å². The minimum atomic E-state index is -2.66. The third kappa shape index (κ3) is 16.9. The van der Waals surface area contributed by atoms with Gasteiger partial charge in [-0.05, 0) is 252 Å². The number of piperidine rings is 3. The molecule has 1 unspecified atom stereocenters. The number of benzene rings is 7. The molecule has 0 radical (unpaired) electrons. The lowest BCUT2D eigenvalue weighted by molar-refractivity contribution is 0.187. The van der Waals surface area contributed by atoms with Crippen molar-refractivity contribution in [3.05, 3.63) is 301 Å². The Morgan fingerprint density at radius 3 is 1.12 bits per heavy atom. The normalized spacial score (nSPS) is 20.0. The van der Waals surface area contributed by atoms with Crippen LogP contribution in [-0.2, 0) is 19.3 Å². The highest BCUT2D eigenvalue weighted by molar-refractivity contribution is 9.10. The Bertz CT molecular complexity index is 6390. The monoisotopic (exact) mass is 1860 g/mol. The number of fused-ring (bicyclic) bond motifs is 3. The standard InChI is InChI=1S/C26H28F2N4O2.C25H26BrClN4O.C25H26Cl2N4O.C21H27Cl2N3O/c1-15-24(30-16(2)32(25(15)33)20-9-8-19(27)22(34-3)21(20)28)31-12-10-26(11-13-31)14-17-6-4-5-7-18(17)23(26)29;2*1-15-23(29-16(2)31(24(15)32)20-9-5-8-19(26)21(20)27)30-12-10-25(11-13-30)14-17-6-3-4-7-18(17)22(25)28;1-5-21(4)10-7-12-25(13-11-21)19-14(2)20(27)26(15(3)24-19)17-9-6-8-16(22)18(17)23/h4-9,23H,10-14,29H2,1-3H3;2*3-9,22H,10-14,28H2,1-2H3;6,8-9H,5,7,10-13H2,1-4H3/t23-;2*22-;/m110./s1/i;;1D3;. The van der Waals surface area contributed by atoms with Gasteiger partial charge in [-0.15, -0.1) is 0 Å². The molecule has 0 amide bonds. The van der Waals surface area contributed by atoms with Crippen molar-refractivity contribution in [2.75, 3.05) is 79.1 Å². The molecule has 4 aliphatic heterocycles. The molecule has 0 saturated carbocycles. The average Bonchev–Trinajstić information content (AvgIpc) is 1.52. The summed E-state index contributed by atoms with van der Waals surface area (Å²) in [4.78, 5) is 81.0. The van der Waals surface area contributed by atoms with E-state index in [0.29, 0.717) is 96.4 Å². The maximum atomic E-state index is 14.9. The Morgan fingerprint density at radius 1 is 0.432 bits per heavy atom. The van der Waals surface area contributed by atoms with Gasteiger partial charge < -0.3 is 41.5 Å². The zero-order chi connectivity index (χ0) is 91.7. The molecule has 8 heterocycles. The van der Waals surface area contributed by atoms with Crippen LogP contribution in [0.4, 0.5) is 32.1 Å². The van der Waals surface area contributed by atoms with Gasteiger partial charge in [-0.1, -0.05) is 169 Å². The molecule has 11 aromatic rings. The van der Waals surface area contributed by atoms with Crippen molar-refractivity contribution >= 4 is 97.2 Å². The van der Waals surface area contributed by atoms with E-state index in [1.165, 1.54) is 68.5 Å². The van der Waals surface area contributed by atoms with E-state index in [1.807, 2.05) is 69.0 Å². The van der Waals surface area contributed by atoms with Gasteiger partial charge in [0.2, 0.25) is 0 Å². The number of nitrogens with two attached hydrogens (primary N) is 3. The number of hydrogen-bond donors (Lipinski definition) is 3. The lowest BCUT2D eigenvalue weighted by Gasteiger charge is -2.43. The number of methoxy groups -OCH3 is 1. The van der Waals surface area contributed by atoms with Gasteiger partial charge in [0, 0.05) is 79.1 Å². The van der Waals surface area contributed by atoms with E-state index in [9.17, 15) is 28.0 Å². The first-order valence-corrected chi connectivity index (χ1v) is 45.4. The molecule has 4 saturated heterocycles. The van der Waals surface area contributed by atoms with Crippen LogP contribution < -0.4 is 63.8 Å². The zero-order valence-corrected chi connectivity index (χ0v) is 77.4. The SMILES string of the molecule is CCC1(C)CCCN(c2nc(C)n(-c3cccc(Cl)c3Cl)c(=O)c2C)CC1.COc1c(F)ccc(-n2c(C)nc(N3CCC4(CC3)Cc3ccccc3[C@H]4N)c(C)c2=O)c1F.Cc1c(N2CCC3(CC2)Cc2ccccc2[C@H]3N)nc(C)n(-c2cccc(Br)c2Cl)c1=O.[2H]C([2H])([2H])c1c(N2CCC3(CC2)Cc2ccccc2[C@@H]3N)nc(C)n(-c2cccc(Cl)c2Cl)c1=O. The highest BCUT2D eigenvalue weighted by Crippen LogP contribution is 2.55. The maximum Gasteiger partial charge on any atom is 0.263 e. The van der Waals surface area contributed by atoms with Crippen molar-refractivity contribution in [1.29, 1.82) is 0 Å². The van der Waals surface area contributed by atoms with E-state index < -0.39 is 29.8 Å². The van der Waals surface area contributed by atoms with Crippen molar-refractivity contribution in [1.82, 2.24) is 38.2 Å². The molecule has 28 heteroatoms. The van der Waals surface area contributed by atoms with Crippen LogP contribution in [0.3, 0.4) is 0 Å². The Kier molecular flexibility index (Phi) is 25.2. The van der Waals surface area contributed by atoms with E-state index in [2.05, 4.69) is 109 Å². The highest BCUT2D eigenvalue weighted by atomic mass is 79.9. The molecule has 4 atom stereocenters. The van der Waals surface area contributed by atoms with Crippen LogP contribution in [0.25, 0.3) is 22.7 Å². The van der Waals surface area contributed by atoms with Crippen molar-refractivity contribution in [3.8, 4) is 28.5 Å². The molecule has 7 aromatic carbocycles. The van der Waals surface area contributed by atoms with Crippen LogP contribution >= 0.6 is 73.9 Å². The van der Waals surface area contributed by atoms with E-state index in [-0.39, 0.29) is 78.2 Å². The van der Waals surface area contributed by atoms with Gasteiger partial charge in [-0.25, -0.2) is 28.7 Å². The van der Waals surface area contributed by atoms with Crippen LogP contribution in [0.2, 0.25) is 25.1 Å². The molecule has 18 rings (SSSR count). The minimum absolute atomic E-state index is 0.00562. The molecule has 3 aliphatic carbocycles. The molecular weight excluding hydrogens is 1750 g/mol. The molecule has 3 spiro atoms. The molecule has 656 valence electrons. The van der Waals surface area contributed by atoms with Gasteiger partial charge in [0.1, 0.15) is 46.6 Å². The van der Waals surface area contributed by atoms with Crippen LogP contribution in [0.15, 0.2) is 163 Å². The summed E-state index contributed by atoms with van der Waals surface area (Å²) >= 11 is 34.9. The second-order valence-electron chi connectivity index (χ2n) is 35.0. The first kappa shape index (κ1) is 86.5. The number of rotatable bonds is 10. The van der Waals surface area contributed by atoms with Gasteiger partial charge in [0.05, 0.1) is 77.2 Å². The van der Waals surface area contributed by atoms with Crippen molar-refractivity contribution < 1.29 is 17.6 Å². The highest BCUT2D eigenvalue weighted by Gasteiger charge is 2.49. The smallest absolute Gasteiger partial charge is 0.263 e. The summed E-state index contributed by atoms with van der Waals surface area (Å²) in [6.07, 6.45) is 12.9. The lowest BCUT2D eigenvalue weighted by Crippen LogP contribution is -2.45. The Labute approximate surface area is 766 Å². The molecular formula is C97H107BrCl5F2N15O5. The topological polar surface area (TPSA) is 240 Å². The second-order valence-corrected chi connectivity index (χ2v) is 37.8. The number of hydrogen-bond acceptors (Lipinski definition) is 16. The molecule has 6 N–H and O–H groups in total. The molecule has 125 heavy (non-hydrogen) atoms. The largest absolute Gasteiger partial charge is 0.491 e. The van der Waals surface area contributed by atoms with Crippen molar-refractivity contribution in [2.24, 2.45) is 38.9 Å². The molecule has 0 bridgehead atoms. The van der Waals surface area contributed by atoms with E-state index in [1.54, 1.807) is 66.3 Å². The summed E-state index contributed by atoms with van der Waals surface area (Å²) in [5, 5.41) is 1.73. The Morgan fingerprint density at radius 2 is 0.760 bits per heavy atom. The average molecular weight is 1860 g/mol. The van der Waals surface area contributed by atoms with E-state index >= 15 is 0 Å². The number of nitrogens with zero attached hydrogens (tertiary/aromatic N) is 12. The molecule has 7 aliphatic rings. The fourth-order valence-corrected chi connectivity index (χ4v) is 21.5. The minimum Gasteiger partial charge on any atom is -0.491 e. The summed E-state index contributed by atoms with van der Waals surface area (Å²) in [5.41, 5.74) is 29.8. The quantitative estimate of drug-likeness (QED) is 0.115. The van der Waals surface area contributed by atoms with Crippen molar-refractivity contribution in [2.45, 2.75) is 171 Å². The summed E-state index contributed by atoms with van der Waals surface area (Å²) in [6.45, 7) is 20.5. The number of aryl methyl sites for hydroxylation is 4. The number of anilines is 4. The first-order valence-electron chi connectivity index (χ1n) is 44.2. The van der Waals surface area contributed by atoms with Crippen LogP contribution in [-0.4, -0.2) is 97.7 Å². The number of ether oxygens (including phenoxy) is 1. The predicted molar refractivity (Wildman–Crippen MR) is 504 cm³/mol. The van der Waals surface area contributed by atoms with Gasteiger partial charge >= 0.3 is 0 Å². The molecule has 4 fully saturated rings. The van der Waals surface area contributed by atoms with Crippen molar-refractivity contribution in [3.63, 3.8) is 0 Å². The van der Waals surface area contributed by atoms with Gasteiger partial charge in [-0.2, -0.15) is 0 Å². The second kappa shape index (κ2) is 36.5. The third-order valence-corrected chi connectivity index (χ3v) is 30.8. The van der Waals surface area contributed by atoms with E-state index in [4.69, 9.17) is 94.0 Å². The van der Waals surface area contributed by atoms with E-state index in [0.717, 1.165) is 132 Å². The number of aromatic nitrogens is 8.